The first kappa shape index (κ1) is 7.37. The quantitative estimate of drug-likeness (QED) is 0.551. The van der Waals surface area contributed by atoms with Gasteiger partial charge in [-0.15, -0.1) is 0 Å². The van der Waals surface area contributed by atoms with E-state index in [2.05, 4.69) is 16.1 Å². The summed E-state index contributed by atoms with van der Waals surface area (Å²) in [4.78, 5) is 10.1. The smallest absolute Gasteiger partial charge is 0.171 e. The van der Waals surface area contributed by atoms with Gasteiger partial charge in [0.25, 0.3) is 0 Å². The lowest BCUT2D eigenvalue weighted by Crippen LogP contribution is -2.33. The van der Waals surface area contributed by atoms with Gasteiger partial charge in [-0.2, -0.15) is 5.26 Å². The molecule has 0 spiro atoms. The molecular formula is C7H6N4S. The molecule has 0 N–H and O–H groups in total. The largest absolute Gasteiger partial charge is 0.307 e. The maximum atomic E-state index is 8.62. The van der Waals surface area contributed by atoms with Crippen molar-refractivity contribution in [3.05, 3.63) is 11.8 Å². The molecule has 12 heavy (non-hydrogen) atoms. The SMILES string of the molecule is N#CC1=CN=C2SCN=CN2C1. The van der Waals surface area contributed by atoms with E-state index in [1.807, 2.05) is 4.90 Å². The summed E-state index contributed by atoms with van der Waals surface area (Å²) in [5.74, 6) is 0.727. The second kappa shape index (κ2) is 2.99. The molecule has 2 rings (SSSR count). The Morgan fingerprint density at radius 2 is 2.58 bits per heavy atom. The van der Waals surface area contributed by atoms with Gasteiger partial charge in [0.2, 0.25) is 0 Å². The van der Waals surface area contributed by atoms with Gasteiger partial charge in [-0.1, -0.05) is 11.8 Å². The molecule has 0 unspecified atom stereocenters. The van der Waals surface area contributed by atoms with Gasteiger partial charge in [-0.05, 0) is 0 Å². The molecule has 5 heteroatoms. The highest BCUT2D eigenvalue weighted by Crippen LogP contribution is 2.17. The van der Waals surface area contributed by atoms with Crippen LogP contribution in [-0.4, -0.2) is 28.8 Å². The molecule has 0 atom stereocenters. The molecule has 0 aromatic heterocycles. The van der Waals surface area contributed by atoms with Crippen LogP contribution in [0.5, 0.6) is 0 Å². The zero-order chi connectivity index (χ0) is 8.39. The van der Waals surface area contributed by atoms with Gasteiger partial charge in [0.15, 0.2) is 5.17 Å². The van der Waals surface area contributed by atoms with Gasteiger partial charge < -0.3 is 4.90 Å². The summed E-state index contributed by atoms with van der Waals surface area (Å²) in [7, 11) is 0. The normalized spacial score (nSPS) is 20.8. The van der Waals surface area contributed by atoms with Crippen LogP contribution in [0.4, 0.5) is 0 Å². The number of fused-ring (bicyclic) bond motifs is 1. The Hall–Kier alpha value is -1.28. The highest BCUT2D eigenvalue weighted by molar-refractivity contribution is 8.13. The minimum Gasteiger partial charge on any atom is -0.307 e. The molecule has 2 aliphatic heterocycles. The molecule has 0 amide bonds. The molecule has 4 nitrogen and oxygen atoms in total. The fourth-order valence-electron chi connectivity index (χ4n) is 1.00. The summed E-state index contributed by atoms with van der Waals surface area (Å²) in [6.45, 7) is 0.603. The third-order valence-electron chi connectivity index (χ3n) is 1.55. The van der Waals surface area contributed by atoms with Crippen LogP contribution in [0.2, 0.25) is 0 Å². The molecule has 0 aromatic carbocycles. The number of nitriles is 1. The number of rotatable bonds is 0. The van der Waals surface area contributed by atoms with Crippen molar-refractivity contribution >= 4 is 23.3 Å². The van der Waals surface area contributed by atoms with Crippen LogP contribution in [0, 0.1) is 11.3 Å². The number of amidine groups is 1. The van der Waals surface area contributed by atoms with E-state index in [4.69, 9.17) is 5.26 Å². The Kier molecular flexibility index (Phi) is 1.84. The molecule has 60 valence electrons. The van der Waals surface area contributed by atoms with Crippen molar-refractivity contribution in [2.45, 2.75) is 0 Å². The van der Waals surface area contributed by atoms with Gasteiger partial charge in [0.1, 0.15) is 0 Å². The summed E-state index contributed by atoms with van der Waals surface area (Å²) in [6.07, 6.45) is 3.36. The number of hydrogen-bond donors (Lipinski definition) is 0. The Morgan fingerprint density at radius 3 is 3.42 bits per heavy atom. The molecular weight excluding hydrogens is 172 g/mol. The second-order valence-corrected chi connectivity index (χ2v) is 3.29. The summed E-state index contributed by atoms with van der Waals surface area (Å²) in [5.41, 5.74) is 0.674. The van der Waals surface area contributed by atoms with Gasteiger partial charge in [-0.3, -0.25) is 4.99 Å². The summed E-state index contributed by atoms with van der Waals surface area (Å²) >= 11 is 1.58. The molecule has 2 aliphatic rings. The van der Waals surface area contributed by atoms with Gasteiger partial charge in [0.05, 0.1) is 30.4 Å². The third kappa shape index (κ3) is 1.21. The van der Waals surface area contributed by atoms with E-state index in [1.54, 1.807) is 24.3 Å². The molecule has 0 radical (unpaired) electrons. The topological polar surface area (TPSA) is 51.8 Å². The van der Waals surface area contributed by atoms with Crippen LogP contribution >= 0.6 is 11.8 Å². The predicted octanol–water partition coefficient (Wildman–Crippen LogP) is 0.798. The van der Waals surface area contributed by atoms with E-state index >= 15 is 0 Å². The van der Waals surface area contributed by atoms with Crippen molar-refractivity contribution in [1.82, 2.24) is 4.90 Å². The number of nitrogens with zero attached hydrogens (tertiary/aromatic N) is 4. The van der Waals surface area contributed by atoms with Gasteiger partial charge >= 0.3 is 0 Å². The van der Waals surface area contributed by atoms with Crippen LogP contribution in [0.1, 0.15) is 0 Å². The molecule has 0 aliphatic carbocycles. The highest BCUT2D eigenvalue weighted by atomic mass is 32.2. The average molecular weight is 178 g/mol. The molecule has 0 fully saturated rings. The average Bonchev–Trinajstić information content (AvgIpc) is 2.17. The van der Waals surface area contributed by atoms with Gasteiger partial charge in [0, 0.05) is 6.20 Å². The van der Waals surface area contributed by atoms with Crippen LogP contribution in [-0.2, 0) is 0 Å². The standard InChI is InChI=1S/C7H6N4S/c8-1-6-2-10-7-11(3-6)4-9-5-12-7/h2,4H,3,5H2. The molecule has 0 aromatic rings. The van der Waals surface area contributed by atoms with Crippen LogP contribution in [0.3, 0.4) is 0 Å². The maximum Gasteiger partial charge on any atom is 0.171 e. The fraction of sp³-hybridized carbons (Fsp3) is 0.286. The van der Waals surface area contributed by atoms with E-state index in [1.165, 1.54) is 0 Å². The first-order valence-electron chi connectivity index (χ1n) is 3.46. The summed E-state index contributed by atoms with van der Waals surface area (Å²) in [5, 5.41) is 9.55. The minimum absolute atomic E-state index is 0.603. The minimum atomic E-state index is 0.603. The van der Waals surface area contributed by atoms with Crippen molar-refractivity contribution < 1.29 is 0 Å². The van der Waals surface area contributed by atoms with E-state index in [9.17, 15) is 0 Å². The molecule has 0 saturated carbocycles. The molecule has 0 saturated heterocycles. The van der Waals surface area contributed by atoms with Crippen molar-refractivity contribution in [3.63, 3.8) is 0 Å². The van der Waals surface area contributed by atoms with E-state index in [0.29, 0.717) is 12.1 Å². The van der Waals surface area contributed by atoms with Gasteiger partial charge in [-0.25, -0.2) is 4.99 Å². The van der Waals surface area contributed by atoms with Crippen molar-refractivity contribution in [3.8, 4) is 6.07 Å². The van der Waals surface area contributed by atoms with E-state index in [-0.39, 0.29) is 0 Å². The Balaban J connectivity index is 2.27. The zero-order valence-electron chi connectivity index (χ0n) is 6.27. The first-order chi connectivity index (χ1) is 5.90. The maximum absolute atomic E-state index is 8.62. The van der Waals surface area contributed by atoms with Crippen molar-refractivity contribution in [1.29, 1.82) is 5.26 Å². The zero-order valence-corrected chi connectivity index (χ0v) is 7.08. The lowest BCUT2D eigenvalue weighted by Gasteiger charge is -2.25. The second-order valence-electron chi connectivity index (χ2n) is 2.38. The summed E-state index contributed by atoms with van der Waals surface area (Å²) < 4.78 is 0. The first-order valence-corrected chi connectivity index (χ1v) is 4.45. The Morgan fingerprint density at radius 1 is 1.67 bits per heavy atom. The van der Waals surface area contributed by atoms with Crippen molar-refractivity contribution in [2.24, 2.45) is 9.98 Å². The Bertz CT molecular complexity index is 323. The summed E-state index contributed by atoms with van der Waals surface area (Å²) in [6, 6.07) is 2.08. The lowest BCUT2D eigenvalue weighted by atomic mass is 10.3. The van der Waals surface area contributed by atoms with Crippen LogP contribution < -0.4 is 0 Å². The Labute approximate surface area is 74.3 Å². The number of hydrogen-bond acceptors (Lipinski definition) is 5. The van der Waals surface area contributed by atoms with E-state index in [0.717, 1.165) is 11.0 Å². The third-order valence-corrected chi connectivity index (χ3v) is 2.43. The predicted molar refractivity (Wildman–Crippen MR) is 48.8 cm³/mol. The van der Waals surface area contributed by atoms with Crippen LogP contribution in [0.15, 0.2) is 21.8 Å². The fourth-order valence-corrected chi connectivity index (χ4v) is 1.66. The van der Waals surface area contributed by atoms with E-state index < -0.39 is 0 Å². The highest BCUT2D eigenvalue weighted by Gasteiger charge is 2.17. The number of thioether (sulfide) groups is 1. The van der Waals surface area contributed by atoms with Crippen LogP contribution in [0.25, 0.3) is 0 Å². The monoisotopic (exact) mass is 178 g/mol. The lowest BCUT2D eigenvalue weighted by molar-refractivity contribution is 0.683. The molecule has 0 bridgehead atoms. The number of aliphatic imine (C=N–C) groups is 2. The molecule has 2 heterocycles. The van der Waals surface area contributed by atoms with Crippen molar-refractivity contribution in [2.75, 3.05) is 12.4 Å².